The number of rotatable bonds is 1. The zero-order valence-electron chi connectivity index (χ0n) is 12.9. The summed E-state index contributed by atoms with van der Waals surface area (Å²) < 4.78 is 7.71. The van der Waals surface area contributed by atoms with Gasteiger partial charge >= 0.3 is 5.69 Å². The van der Waals surface area contributed by atoms with Gasteiger partial charge in [-0.3, -0.25) is 4.57 Å². The molecule has 5 rings (SSSR count). The maximum Gasteiger partial charge on any atom is 0.348 e. The van der Waals surface area contributed by atoms with Crippen molar-refractivity contribution < 1.29 is 4.74 Å². The van der Waals surface area contributed by atoms with E-state index in [1.807, 2.05) is 18.2 Å². The predicted molar refractivity (Wildman–Crippen MR) is 94.4 cm³/mol. The first-order chi connectivity index (χ1) is 11.8. The van der Waals surface area contributed by atoms with E-state index in [2.05, 4.69) is 41.4 Å². The van der Waals surface area contributed by atoms with Crippen molar-refractivity contribution in [2.45, 2.75) is 6.54 Å². The van der Waals surface area contributed by atoms with Gasteiger partial charge in [-0.05, 0) is 22.4 Å². The Morgan fingerprint density at radius 2 is 1.79 bits per heavy atom. The summed E-state index contributed by atoms with van der Waals surface area (Å²) in [5.74, 6) is 0.773. The minimum absolute atomic E-state index is 0.220. The minimum Gasteiger partial charge on any atom is -0.489 e. The van der Waals surface area contributed by atoms with Crippen LogP contribution in [0.1, 0.15) is 0 Å². The molecule has 0 saturated heterocycles. The third kappa shape index (κ3) is 1.80. The first-order valence-electron chi connectivity index (χ1n) is 7.96. The summed E-state index contributed by atoms with van der Waals surface area (Å²) in [5, 5.41) is 3.28. The summed E-state index contributed by atoms with van der Waals surface area (Å²) in [4.78, 5) is 16.1. The predicted octanol–water partition coefficient (Wildman–Crippen LogP) is 3.61. The van der Waals surface area contributed by atoms with Crippen LogP contribution in [0.5, 0.6) is 5.75 Å². The number of benzene rings is 3. The molecule has 116 valence electrons. The lowest BCUT2D eigenvalue weighted by Crippen LogP contribution is -2.29. The number of fused-ring (bicyclic) bond motifs is 1. The van der Waals surface area contributed by atoms with Crippen molar-refractivity contribution in [1.82, 2.24) is 9.55 Å². The van der Waals surface area contributed by atoms with Gasteiger partial charge in [0.1, 0.15) is 6.61 Å². The van der Waals surface area contributed by atoms with Gasteiger partial charge in [0.2, 0.25) is 0 Å². The van der Waals surface area contributed by atoms with Crippen LogP contribution in [0.25, 0.3) is 32.8 Å². The fourth-order valence-corrected chi connectivity index (χ4v) is 3.52. The van der Waals surface area contributed by atoms with Gasteiger partial charge in [0.05, 0.1) is 12.1 Å². The molecule has 1 aromatic heterocycles. The summed E-state index contributed by atoms with van der Waals surface area (Å²) in [6.45, 7) is 1.02. The average Bonchev–Trinajstić information content (AvgIpc) is 2.64. The van der Waals surface area contributed by atoms with E-state index < -0.39 is 0 Å². The zero-order chi connectivity index (χ0) is 16.1. The summed E-state index contributed by atoms with van der Waals surface area (Å²) >= 11 is 0. The lowest BCUT2D eigenvalue weighted by Gasteiger charge is -2.22. The van der Waals surface area contributed by atoms with Gasteiger partial charge in [0, 0.05) is 17.1 Å². The molecular weight excluding hydrogens is 300 g/mol. The monoisotopic (exact) mass is 314 g/mol. The molecule has 0 saturated carbocycles. The molecule has 0 bridgehead atoms. The van der Waals surface area contributed by atoms with E-state index in [9.17, 15) is 4.79 Å². The van der Waals surface area contributed by atoms with Crippen molar-refractivity contribution in [3.63, 3.8) is 0 Å². The van der Waals surface area contributed by atoms with E-state index in [0.717, 1.165) is 27.8 Å². The van der Waals surface area contributed by atoms with E-state index in [1.165, 1.54) is 10.8 Å². The van der Waals surface area contributed by atoms with Crippen LogP contribution >= 0.6 is 0 Å². The third-order valence-electron chi connectivity index (χ3n) is 4.62. The molecule has 0 N–H and O–H groups in total. The van der Waals surface area contributed by atoms with Gasteiger partial charge in [-0.1, -0.05) is 48.5 Å². The smallest absolute Gasteiger partial charge is 0.348 e. The highest BCUT2D eigenvalue weighted by Gasteiger charge is 2.20. The molecule has 4 nitrogen and oxygen atoms in total. The standard InChI is InChI=1S/C20H14N2O2/c23-20-21-12-14-8-9-17(19-18(14)22(20)10-11-24-19)16-7-3-5-13-4-1-2-6-15(13)16/h1-9,12H,10-11H2. The molecule has 4 aromatic rings. The number of ether oxygens (including phenoxy) is 1. The van der Waals surface area contributed by atoms with E-state index >= 15 is 0 Å². The van der Waals surface area contributed by atoms with Crippen molar-refractivity contribution in [3.05, 3.63) is 71.3 Å². The molecule has 4 heteroatoms. The maximum absolute atomic E-state index is 12.1. The molecular formula is C20H14N2O2. The van der Waals surface area contributed by atoms with E-state index in [1.54, 1.807) is 10.8 Å². The van der Waals surface area contributed by atoms with Gasteiger partial charge < -0.3 is 4.74 Å². The van der Waals surface area contributed by atoms with Crippen molar-refractivity contribution in [1.29, 1.82) is 0 Å². The van der Waals surface area contributed by atoms with Gasteiger partial charge in [-0.2, -0.15) is 0 Å². The Labute approximate surface area is 138 Å². The highest BCUT2D eigenvalue weighted by molar-refractivity contribution is 6.02. The van der Waals surface area contributed by atoms with Crippen LogP contribution in [-0.2, 0) is 6.54 Å². The third-order valence-corrected chi connectivity index (χ3v) is 4.62. The Kier molecular flexibility index (Phi) is 2.73. The van der Waals surface area contributed by atoms with Gasteiger partial charge in [0.25, 0.3) is 0 Å². The summed E-state index contributed by atoms with van der Waals surface area (Å²) in [6.07, 6.45) is 1.62. The molecule has 2 heterocycles. The molecule has 3 aromatic carbocycles. The molecule has 0 radical (unpaired) electrons. The van der Waals surface area contributed by atoms with Crippen LogP contribution < -0.4 is 10.4 Å². The second-order valence-electron chi connectivity index (χ2n) is 5.95. The Morgan fingerprint density at radius 3 is 2.75 bits per heavy atom. The quantitative estimate of drug-likeness (QED) is 0.539. The van der Waals surface area contributed by atoms with Gasteiger partial charge in [-0.25, -0.2) is 9.78 Å². The maximum atomic E-state index is 12.1. The van der Waals surface area contributed by atoms with Crippen molar-refractivity contribution in [3.8, 4) is 16.9 Å². The number of hydrogen-bond donors (Lipinski definition) is 0. The fraction of sp³-hybridized carbons (Fsp3) is 0.100. The highest BCUT2D eigenvalue weighted by atomic mass is 16.5. The number of nitrogens with zero attached hydrogens (tertiary/aromatic N) is 2. The second-order valence-corrected chi connectivity index (χ2v) is 5.95. The zero-order valence-corrected chi connectivity index (χ0v) is 12.9. The first-order valence-corrected chi connectivity index (χ1v) is 7.96. The van der Waals surface area contributed by atoms with Crippen LogP contribution in [0.3, 0.4) is 0 Å². The Bertz CT molecular complexity index is 1160. The Hall–Kier alpha value is -3.14. The minimum atomic E-state index is -0.220. The van der Waals surface area contributed by atoms with E-state index in [4.69, 9.17) is 4.74 Å². The summed E-state index contributed by atoms with van der Waals surface area (Å²) in [6, 6.07) is 18.6. The highest BCUT2D eigenvalue weighted by Crippen LogP contribution is 2.40. The molecule has 0 amide bonds. The van der Waals surface area contributed by atoms with Gasteiger partial charge in [-0.15, -0.1) is 0 Å². The topological polar surface area (TPSA) is 44.1 Å². The first kappa shape index (κ1) is 13.3. The van der Waals surface area contributed by atoms with E-state index in [-0.39, 0.29) is 5.69 Å². The van der Waals surface area contributed by atoms with Crippen molar-refractivity contribution in [2.24, 2.45) is 0 Å². The average molecular weight is 314 g/mol. The number of aromatic nitrogens is 2. The van der Waals surface area contributed by atoms with Crippen molar-refractivity contribution in [2.75, 3.05) is 6.61 Å². The van der Waals surface area contributed by atoms with Crippen LogP contribution in [-0.4, -0.2) is 16.2 Å². The lowest BCUT2D eigenvalue weighted by atomic mass is 9.96. The summed E-state index contributed by atoms with van der Waals surface area (Å²) in [7, 11) is 0. The van der Waals surface area contributed by atoms with Crippen LogP contribution in [0, 0.1) is 0 Å². The van der Waals surface area contributed by atoms with E-state index in [0.29, 0.717) is 13.2 Å². The SMILES string of the molecule is O=c1ncc2ccc(-c3cccc4ccccc34)c3c2n1CCO3. The molecule has 0 unspecified atom stereocenters. The van der Waals surface area contributed by atoms with Crippen LogP contribution in [0.2, 0.25) is 0 Å². The Morgan fingerprint density at radius 1 is 0.917 bits per heavy atom. The lowest BCUT2D eigenvalue weighted by molar-refractivity contribution is 0.284. The Balaban J connectivity index is 1.91. The molecule has 1 aliphatic heterocycles. The fourth-order valence-electron chi connectivity index (χ4n) is 3.52. The molecule has 1 aliphatic rings. The number of hydrogen-bond acceptors (Lipinski definition) is 3. The molecule has 24 heavy (non-hydrogen) atoms. The normalized spacial score (nSPS) is 13.2. The molecule has 0 fully saturated rings. The largest absolute Gasteiger partial charge is 0.489 e. The summed E-state index contributed by atoms with van der Waals surface area (Å²) in [5.41, 5.74) is 2.75. The van der Waals surface area contributed by atoms with Crippen molar-refractivity contribution >= 4 is 21.7 Å². The molecule has 0 aliphatic carbocycles. The van der Waals surface area contributed by atoms with Crippen LogP contribution in [0.4, 0.5) is 0 Å². The molecule has 0 spiro atoms. The van der Waals surface area contributed by atoms with Gasteiger partial charge in [0.15, 0.2) is 5.75 Å². The second kappa shape index (κ2) is 4.93. The molecule has 0 atom stereocenters. The van der Waals surface area contributed by atoms with Crippen LogP contribution in [0.15, 0.2) is 65.6 Å².